The number of halogens is 3. The molecule has 1 fully saturated rings. The van der Waals surface area contributed by atoms with Gasteiger partial charge in [0.2, 0.25) is 0 Å². The quantitative estimate of drug-likeness (QED) is 0.607. The van der Waals surface area contributed by atoms with Gasteiger partial charge in [0, 0.05) is 11.3 Å². The van der Waals surface area contributed by atoms with E-state index in [1.54, 1.807) is 20.8 Å². The molecule has 0 spiro atoms. The highest BCUT2D eigenvalue weighted by molar-refractivity contribution is 7.95. The van der Waals surface area contributed by atoms with E-state index in [9.17, 15) is 22.0 Å². The number of carbonyl (C=O) groups excluding carboxylic acids is 1. The van der Waals surface area contributed by atoms with Crippen molar-refractivity contribution in [1.82, 2.24) is 4.98 Å². The Bertz CT molecular complexity index is 1380. The summed E-state index contributed by atoms with van der Waals surface area (Å²) in [7, 11) is -3.87. The average molecular weight is 525 g/mol. The molecule has 1 saturated heterocycles. The summed E-state index contributed by atoms with van der Waals surface area (Å²) in [6.45, 7) is 3.13. The lowest BCUT2D eigenvalue weighted by atomic mass is 9.74. The lowest BCUT2D eigenvalue weighted by Crippen LogP contribution is -2.69. The van der Waals surface area contributed by atoms with Gasteiger partial charge in [0.05, 0.1) is 10.9 Å². The van der Waals surface area contributed by atoms with Crippen molar-refractivity contribution in [2.75, 3.05) is 5.32 Å². The predicted molar refractivity (Wildman–Crippen MR) is 129 cm³/mol. The molecule has 2 bridgehead atoms. The summed E-state index contributed by atoms with van der Waals surface area (Å²) in [5.74, 6) is -1.63. The van der Waals surface area contributed by atoms with Crippen LogP contribution in [0.25, 0.3) is 0 Å². The number of anilines is 1. The van der Waals surface area contributed by atoms with Gasteiger partial charge in [-0.25, -0.2) is 17.8 Å². The summed E-state index contributed by atoms with van der Waals surface area (Å²) in [6.07, 6.45) is 2.18. The predicted octanol–water partition coefficient (Wildman–Crippen LogP) is 4.08. The normalized spacial score (nSPS) is 28.9. The first kappa shape index (κ1) is 25.9. The van der Waals surface area contributed by atoms with Gasteiger partial charge in [-0.05, 0) is 76.8 Å². The minimum atomic E-state index is -3.87. The number of alkyl halides is 2. The molecule has 3 atom stereocenters. The molecule has 1 amide bonds. The van der Waals surface area contributed by atoms with Gasteiger partial charge in [0.1, 0.15) is 33.4 Å². The zero-order valence-corrected chi connectivity index (χ0v) is 21.0. The molecule has 36 heavy (non-hydrogen) atoms. The number of aryl methyl sites for hydroxylation is 1. The monoisotopic (exact) mass is 524 g/mol. The van der Waals surface area contributed by atoms with Crippen LogP contribution in [0.3, 0.4) is 0 Å². The van der Waals surface area contributed by atoms with Crippen LogP contribution >= 0.6 is 0 Å². The highest BCUT2D eigenvalue weighted by atomic mass is 32.2. The van der Waals surface area contributed by atoms with Crippen LogP contribution in [-0.2, 0) is 15.4 Å². The van der Waals surface area contributed by atoms with E-state index in [0.717, 1.165) is 12.3 Å². The van der Waals surface area contributed by atoms with E-state index in [2.05, 4.69) is 20.0 Å². The van der Waals surface area contributed by atoms with Crippen LogP contribution in [0.15, 0.2) is 35.5 Å². The van der Waals surface area contributed by atoms with Crippen LogP contribution in [0.2, 0.25) is 0 Å². The summed E-state index contributed by atoms with van der Waals surface area (Å²) >= 11 is 0. The number of nitrogens with one attached hydrogen (secondary N) is 1. The fraction of sp³-hybridized carbons (Fsp3) is 0.458. The summed E-state index contributed by atoms with van der Waals surface area (Å²) in [6, 6.07) is 5.03. The topological polar surface area (TPSA) is 124 Å². The number of aromatic nitrogens is 1. The van der Waals surface area contributed by atoms with Crippen molar-refractivity contribution in [3.63, 3.8) is 0 Å². The van der Waals surface area contributed by atoms with Crippen molar-refractivity contribution >= 4 is 27.3 Å². The lowest BCUT2D eigenvalue weighted by molar-refractivity contribution is -0.0501. The molecule has 3 N–H and O–H groups in total. The van der Waals surface area contributed by atoms with Gasteiger partial charge >= 0.3 is 6.61 Å². The third kappa shape index (κ3) is 3.64. The minimum absolute atomic E-state index is 0.0244. The Hall–Kier alpha value is -3.15. The summed E-state index contributed by atoms with van der Waals surface area (Å²) in [5, 5.41) is 2.60. The Labute approximate surface area is 207 Å². The van der Waals surface area contributed by atoms with Crippen LogP contribution in [0.5, 0.6) is 5.75 Å². The van der Waals surface area contributed by atoms with E-state index in [1.807, 2.05) is 0 Å². The summed E-state index contributed by atoms with van der Waals surface area (Å²) in [4.78, 5) is 21.3. The van der Waals surface area contributed by atoms with Gasteiger partial charge in [-0.2, -0.15) is 8.78 Å². The zero-order chi connectivity index (χ0) is 26.7. The largest absolute Gasteiger partial charge is 0.433 e. The molecular formula is C24H27F3N4O4S. The van der Waals surface area contributed by atoms with Gasteiger partial charge in [-0.15, -0.1) is 0 Å². The second kappa shape index (κ2) is 8.46. The zero-order valence-electron chi connectivity index (χ0n) is 20.2. The Morgan fingerprint density at radius 2 is 1.89 bits per heavy atom. The molecule has 4 rings (SSSR count). The van der Waals surface area contributed by atoms with E-state index in [0.29, 0.717) is 12.8 Å². The smallest absolute Gasteiger partial charge is 0.387 e. The molecule has 2 aromatic rings. The molecule has 8 nitrogen and oxygen atoms in total. The molecule has 0 radical (unpaired) electrons. The number of hydrogen-bond acceptors (Lipinski definition) is 7. The Morgan fingerprint density at radius 1 is 1.19 bits per heavy atom. The SMILES string of the molecule is Cc1cc(OC(F)F)cnc1C(=O)Nc1ccc(F)c([C@@]2(C)N=C(N)[C@@]3(C)CCC[C@]2(C)S3(=O)=O)c1. The molecule has 12 heteroatoms. The average Bonchev–Trinajstić information content (AvgIpc) is 2.77. The van der Waals surface area contributed by atoms with Gasteiger partial charge in [0.15, 0.2) is 9.84 Å². The number of ether oxygens (including phenoxy) is 1. The molecule has 194 valence electrons. The summed E-state index contributed by atoms with van der Waals surface area (Å²) < 4.78 is 69.1. The van der Waals surface area contributed by atoms with Crippen molar-refractivity contribution in [3.05, 3.63) is 53.1 Å². The number of amides is 1. The third-order valence-corrected chi connectivity index (χ3v) is 11.0. The number of nitrogens with zero attached hydrogens (tertiary/aromatic N) is 2. The molecule has 0 saturated carbocycles. The van der Waals surface area contributed by atoms with Gasteiger partial charge in [-0.3, -0.25) is 9.79 Å². The minimum Gasteiger partial charge on any atom is -0.433 e. The molecular weight excluding hydrogens is 497 g/mol. The first-order chi connectivity index (χ1) is 16.7. The number of sulfone groups is 1. The van der Waals surface area contributed by atoms with Crippen LogP contribution in [0.4, 0.5) is 18.9 Å². The second-order valence-electron chi connectivity index (χ2n) is 9.75. The van der Waals surface area contributed by atoms with Crippen LogP contribution in [-0.4, -0.2) is 41.3 Å². The molecule has 2 aliphatic rings. The highest BCUT2D eigenvalue weighted by Crippen LogP contribution is 2.56. The maximum atomic E-state index is 15.2. The maximum absolute atomic E-state index is 15.2. The molecule has 2 aliphatic heterocycles. The van der Waals surface area contributed by atoms with E-state index in [4.69, 9.17) is 5.73 Å². The van der Waals surface area contributed by atoms with Gasteiger partial charge in [-0.1, -0.05) is 0 Å². The number of aliphatic imine (C=N–C) groups is 1. The fourth-order valence-electron chi connectivity index (χ4n) is 5.24. The third-order valence-electron chi connectivity index (χ3n) is 7.65. The number of carbonyl (C=O) groups is 1. The van der Waals surface area contributed by atoms with Crippen molar-refractivity contribution in [2.24, 2.45) is 10.7 Å². The second-order valence-corrected chi connectivity index (χ2v) is 12.6. The number of amidine groups is 1. The first-order valence-electron chi connectivity index (χ1n) is 11.3. The van der Waals surface area contributed by atoms with Gasteiger partial charge < -0.3 is 15.8 Å². The van der Waals surface area contributed by atoms with E-state index < -0.39 is 43.2 Å². The standard InChI is InChI=1S/C24H27F3N4O4S/c1-13-10-15(35-21(26)27)12-29-18(13)19(32)30-14-6-7-17(25)16(11-14)24(4)23(3)9-5-8-22(2,20(28)31-24)36(23,33)34/h6-7,10-12,21H,5,8-9H2,1-4H3,(H2,28,31)(H,30,32)/t22-,23+,24-/m1/s1. The van der Waals surface area contributed by atoms with Crippen LogP contribution in [0.1, 0.15) is 61.6 Å². The number of fused-ring (bicyclic) bond motifs is 2. The van der Waals surface area contributed by atoms with Crippen LogP contribution in [0, 0.1) is 12.7 Å². The Balaban J connectivity index is 1.73. The Morgan fingerprint density at radius 3 is 2.53 bits per heavy atom. The van der Waals surface area contributed by atoms with Crippen LogP contribution < -0.4 is 15.8 Å². The number of pyridine rings is 1. The van der Waals surface area contributed by atoms with E-state index >= 15 is 4.39 Å². The van der Waals surface area contributed by atoms with E-state index in [1.165, 1.54) is 25.1 Å². The number of rotatable bonds is 5. The highest BCUT2D eigenvalue weighted by Gasteiger charge is 2.67. The van der Waals surface area contributed by atoms with E-state index in [-0.39, 0.29) is 40.5 Å². The van der Waals surface area contributed by atoms with Crippen molar-refractivity contribution in [3.8, 4) is 5.75 Å². The van der Waals surface area contributed by atoms with Crippen molar-refractivity contribution < 1.29 is 31.1 Å². The number of nitrogens with two attached hydrogens (primary N) is 1. The van der Waals surface area contributed by atoms with Crippen molar-refractivity contribution in [2.45, 2.75) is 68.6 Å². The molecule has 0 aliphatic carbocycles. The maximum Gasteiger partial charge on any atom is 0.387 e. The summed E-state index contributed by atoms with van der Waals surface area (Å²) in [5.41, 5.74) is 5.01. The molecule has 1 aromatic carbocycles. The number of benzene rings is 1. The molecule has 1 aromatic heterocycles. The Kier molecular flexibility index (Phi) is 6.09. The van der Waals surface area contributed by atoms with Crippen molar-refractivity contribution in [1.29, 1.82) is 0 Å². The molecule has 3 heterocycles. The van der Waals surface area contributed by atoms with Gasteiger partial charge in [0.25, 0.3) is 5.91 Å². The fourth-order valence-corrected chi connectivity index (χ4v) is 8.06. The molecule has 0 unspecified atom stereocenters. The number of hydrogen-bond donors (Lipinski definition) is 2. The first-order valence-corrected chi connectivity index (χ1v) is 12.8. The lowest BCUT2D eigenvalue weighted by Gasteiger charge is -2.55.